The molecule has 1 amide bonds. The van der Waals surface area contributed by atoms with Crippen LogP contribution >= 0.6 is 0 Å². The first kappa shape index (κ1) is 20.8. The molecular formula is C25H27N5O. The molecule has 0 spiro atoms. The minimum atomic E-state index is 0.123. The van der Waals surface area contributed by atoms with Crippen molar-refractivity contribution in [2.24, 2.45) is 0 Å². The van der Waals surface area contributed by atoms with Gasteiger partial charge in [-0.3, -0.25) is 9.69 Å². The monoisotopic (exact) mass is 413 g/mol. The first-order valence-electron chi connectivity index (χ1n) is 10.6. The van der Waals surface area contributed by atoms with Gasteiger partial charge in [0.1, 0.15) is 0 Å². The second-order valence-corrected chi connectivity index (χ2v) is 8.27. The zero-order valence-electron chi connectivity index (χ0n) is 18.1. The van der Waals surface area contributed by atoms with Gasteiger partial charge in [0, 0.05) is 51.0 Å². The number of hydrogen-bond acceptors (Lipinski definition) is 4. The summed E-state index contributed by atoms with van der Waals surface area (Å²) in [5, 5.41) is 8.96. The minimum Gasteiger partial charge on any atom is -0.336 e. The Morgan fingerprint density at radius 1 is 1.00 bits per heavy atom. The van der Waals surface area contributed by atoms with E-state index in [1.165, 1.54) is 0 Å². The van der Waals surface area contributed by atoms with Crippen LogP contribution in [0.2, 0.25) is 0 Å². The number of carbonyl (C=O) groups excluding carboxylic acids is 1. The first-order valence-corrected chi connectivity index (χ1v) is 10.6. The largest absolute Gasteiger partial charge is 0.336 e. The molecule has 6 nitrogen and oxygen atoms in total. The summed E-state index contributed by atoms with van der Waals surface area (Å²) in [7, 11) is 0. The quantitative estimate of drug-likeness (QED) is 0.643. The summed E-state index contributed by atoms with van der Waals surface area (Å²) >= 11 is 0. The van der Waals surface area contributed by atoms with E-state index >= 15 is 0 Å². The topological polar surface area (TPSA) is 65.2 Å². The molecule has 0 N–H and O–H groups in total. The highest BCUT2D eigenvalue weighted by atomic mass is 16.2. The van der Waals surface area contributed by atoms with Crippen LogP contribution in [0.5, 0.6) is 0 Å². The van der Waals surface area contributed by atoms with Gasteiger partial charge in [-0.05, 0) is 43.7 Å². The van der Waals surface area contributed by atoms with Crippen LogP contribution in [0.3, 0.4) is 0 Å². The molecule has 0 bridgehead atoms. The maximum Gasteiger partial charge on any atom is 0.253 e. The second-order valence-electron chi connectivity index (χ2n) is 8.27. The normalized spacial score (nSPS) is 14.4. The Kier molecular flexibility index (Phi) is 6.15. The Hall–Kier alpha value is -3.43. The number of carbonyl (C=O) groups is 1. The molecule has 1 aliphatic heterocycles. The fourth-order valence-corrected chi connectivity index (χ4v) is 4.12. The number of imidazole rings is 1. The summed E-state index contributed by atoms with van der Waals surface area (Å²) in [5.74, 6) is 0.123. The van der Waals surface area contributed by atoms with Gasteiger partial charge in [0.25, 0.3) is 5.91 Å². The van der Waals surface area contributed by atoms with Crippen LogP contribution in [0, 0.1) is 25.2 Å². The van der Waals surface area contributed by atoms with E-state index in [1.54, 1.807) is 0 Å². The first-order chi connectivity index (χ1) is 15.0. The van der Waals surface area contributed by atoms with E-state index in [4.69, 9.17) is 5.26 Å². The average Bonchev–Trinajstić information content (AvgIpc) is 3.20. The number of rotatable bonds is 5. The molecule has 3 aromatic rings. The molecule has 1 aromatic heterocycles. The van der Waals surface area contributed by atoms with Gasteiger partial charge in [0.05, 0.1) is 23.7 Å². The summed E-state index contributed by atoms with van der Waals surface area (Å²) < 4.78 is 2.15. The third kappa shape index (κ3) is 5.01. The van der Waals surface area contributed by atoms with Crippen molar-refractivity contribution in [1.82, 2.24) is 19.4 Å². The highest BCUT2D eigenvalue weighted by Gasteiger charge is 2.23. The zero-order chi connectivity index (χ0) is 21.8. The predicted octanol–water partition coefficient (Wildman–Crippen LogP) is 3.38. The van der Waals surface area contributed by atoms with Crippen LogP contribution in [0.25, 0.3) is 0 Å². The molecule has 2 heterocycles. The SMILES string of the molecule is Cc1cc(C)cc(C(=O)N2CCN(Cc3cncn3Cc3ccc(C#N)cc3)CC2)c1. The van der Waals surface area contributed by atoms with Gasteiger partial charge < -0.3 is 9.47 Å². The molecular weight excluding hydrogens is 386 g/mol. The Bertz CT molecular complexity index is 1080. The lowest BCUT2D eigenvalue weighted by Gasteiger charge is -2.35. The van der Waals surface area contributed by atoms with Crippen molar-refractivity contribution in [2.45, 2.75) is 26.9 Å². The number of aryl methyl sites for hydroxylation is 2. The molecule has 0 saturated carbocycles. The van der Waals surface area contributed by atoms with E-state index < -0.39 is 0 Å². The smallest absolute Gasteiger partial charge is 0.253 e. The zero-order valence-corrected chi connectivity index (χ0v) is 18.1. The number of nitriles is 1. The molecule has 1 fully saturated rings. The van der Waals surface area contributed by atoms with Crippen molar-refractivity contribution >= 4 is 5.91 Å². The molecule has 0 radical (unpaired) electrons. The maximum atomic E-state index is 12.9. The number of hydrogen-bond donors (Lipinski definition) is 0. The van der Waals surface area contributed by atoms with Gasteiger partial charge in [0.2, 0.25) is 0 Å². The molecule has 0 unspecified atom stereocenters. The van der Waals surface area contributed by atoms with E-state index in [1.807, 2.05) is 67.7 Å². The van der Waals surface area contributed by atoms with Gasteiger partial charge in [-0.2, -0.15) is 5.26 Å². The van der Waals surface area contributed by atoms with Crippen molar-refractivity contribution < 1.29 is 4.79 Å². The van der Waals surface area contributed by atoms with Crippen LogP contribution in [-0.2, 0) is 13.1 Å². The number of piperazine rings is 1. The molecule has 158 valence electrons. The van der Waals surface area contributed by atoms with E-state index in [-0.39, 0.29) is 5.91 Å². The molecule has 0 atom stereocenters. The van der Waals surface area contributed by atoms with Crippen molar-refractivity contribution in [2.75, 3.05) is 26.2 Å². The molecule has 4 rings (SSSR count). The van der Waals surface area contributed by atoms with Crippen molar-refractivity contribution in [3.63, 3.8) is 0 Å². The van der Waals surface area contributed by atoms with Gasteiger partial charge in [0.15, 0.2) is 0 Å². The van der Waals surface area contributed by atoms with Gasteiger partial charge in [-0.15, -0.1) is 0 Å². The van der Waals surface area contributed by atoms with Gasteiger partial charge in [-0.1, -0.05) is 29.3 Å². The summed E-state index contributed by atoms with van der Waals surface area (Å²) in [4.78, 5) is 21.6. The Morgan fingerprint density at radius 2 is 1.68 bits per heavy atom. The number of amides is 1. The molecule has 2 aromatic carbocycles. The third-order valence-corrected chi connectivity index (χ3v) is 5.75. The van der Waals surface area contributed by atoms with Crippen LogP contribution in [0.1, 0.15) is 38.3 Å². The molecule has 31 heavy (non-hydrogen) atoms. The standard InChI is InChI=1S/C25H27N5O/c1-19-11-20(2)13-23(12-19)25(31)29-9-7-28(8-10-29)17-24-15-27-18-30(24)16-22-5-3-21(14-26)4-6-22/h3-6,11-13,15,18H,7-10,16-17H2,1-2H3. The second kappa shape index (κ2) is 9.15. The Labute approximate surface area is 183 Å². The van der Waals surface area contributed by atoms with E-state index in [0.29, 0.717) is 5.56 Å². The summed E-state index contributed by atoms with van der Waals surface area (Å²) in [5.41, 5.74) is 5.99. The van der Waals surface area contributed by atoms with Crippen molar-refractivity contribution in [3.8, 4) is 6.07 Å². The fourth-order valence-electron chi connectivity index (χ4n) is 4.12. The molecule has 1 aliphatic rings. The van der Waals surface area contributed by atoms with E-state index in [9.17, 15) is 4.79 Å². The molecule has 6 heteroatoms. The third-order valence-electron chi connectivity index (χ3n) is 5.75. The van der Waals surface area contributed by atoms with Crippen LogP contribution in [-0.4, -0.2) is 51.4 Å². The summed E-state index contributed by atoms with van der Waals surface area (Å²) in [6.45, 7) is 8.75. The average molecular weight is 414 g/mol. The minimum absolute atomic E-state index is 0.123. The lowest BCUT2D eigenvalue weighted by atomic mass is 10.1. The summed E-state index contributed by atoms with van der Waals surface area (Å²) in [6.07, 6.45) is 3.77. The lowest BCUT2D eigenvalue weighted by Crippen LogP contribution is -2.48. The number of benzene rings is 2. The highest BCUT2D eigenvalue weighted by molar-refractivity contribution is 5.94. The van der Waals surface area contributed by atoms with Crippen LogP contribution in [0.4, 0.5) is 0 Å². The van der Waals surface area contributed by atoms with Crippen LogP contribution < -0.4 is 0 Å². The molecule has 1 saturated heterocycles. The predicted molar refractivity (Wildman–Crippen MR) is 120 cm³/mol. The van der Waals surface area contributed by atoms with Gasteiger partial charge in [-0.25, -0.2) is 4.98 Å². The van der Waals surface area contributed by atoms with Gasteiger partial charge >= 0.3 is 0 Å². The van der Waals surface area contributed by atoms with E-state index in [0.717, 1.165) is 67.2 Å². The van der Waals surface area contributed by atoms with Crippen LogP contribution in [0.15, 0.2) is 55.0 Å². The van der Waals surface area contributed by atoms with E-state index in [2.05, 4.69) is 26.6 Å². The van der Waals surface area contributed by atoms with Crippen molar-refractivity contribution in [3.05, 3.63) is 88.5 Å². The lowest BCUT2D eigenvalue weighted by molar-refractivity contribution is 0.0625. The fraction of sp³-hybridized carbons (Fsp3) is 0.320. The highest BCUT2D eigenvalue weighted by Crippen LogP contribution is 2.15. The maximum absolute atomic E-state index is 12.9. The Balaban J connectivity index is 1.35. The number of nitrogens with zero attached hydrogens (tertiary/aromatic N) is 5. The van der Waals surface area contributed by atoms with Crippen molar-refractivity contribution in [1.29, 1.82) is 5.26 Å². The number of aromatic nitrogens is 2. The molecule has 0 aliphatic carbocycles. The Morgan fingerprint density at radius 3 is 2.32 bits per heavy atom. The summed E-state index contributed by atoms with van der Waals surface area (Å²) in [6, 6.07) is 15.9.